The van der Waals surface area contributed by atoms with Gasteiger partial charge in [0.15, 0.2) is 0 Å². The number of nitrogens with one attached hydrogen (secondary N) is 2. The molecule has 2 aromatic rings. The Balaban J connectivity index is 0.00000180. The van der Waals surface area contributed by atoms with Crippen molar-refractivity contribution < 1.29 is 9.18 Å². The van der Waals surface area contributed by atoms with Gasteiger partial charge in [-0.3, -0.25) is 4.79 Å². The van der Waals surface area contributed by atoms with Gasteiger partial charge >= 0.3 is 0 Å². The second kappa shape index (κ2) is 6.04. The third kappa shape index (κ3) is 2.72. The van der Waals surface area contributed by atoms with Gasteiger partial charge in [-0.15, -0.1) is 12.4 Å². The van der Waals surface area contributed by atoms with Crippen LogP contribution < -0.4 is 11.1 Å². The Morgan fingerprint density at radius 2 is 2.16 bits per heavy atom. The number of halogens is 2. The second-order valence-corrected chi connectivity index (χ2v) is 4.24. The maximum Gasteiger partial charge on any atom is 0.267 e. The van der Waals surface area contributed by atoms with Gasteiger partial charge in [0.2, 0.25) is 0 Å². The van der Waals surface area contributed by atoms with E-state index in [0.29, 0.717) is 29.7 Å². The van der Waals surface area contributed by atoms with Crippen LogP contribution in [0.15, 0.2) is 12.1 Å². The quantitative estimate of drug-likeness (QED) is 0.806. The molecule has 0 aliphatic carbocycles. The van der Waals surface area contributed by atoms with E-state index in [-0.39, 0.29) is 24.1 Å². The summed E-state index contributed by atoms with van der Waals surface area (Å²) in [5.41, 5.74) is 8.06. The fourth-order valence-electron chi connectivity index (χ4n) is 2.10. The van der Waals surface area contributed by atoms with Crippen molar-refractivity contribution in [3.63, 3.8) is 0 Å². The van der Waals surface area contributed by atoms with Crippen molar-refractivity contribution in [2.45, 2.75) is 13.3 Å². The maximum atomic E-state index is 13.5. The molecule has 1 aromatic carbocycles. The molecular formula is C13H17ClFN3O. The summed E-state index contributed by atoms with van der Waals surface area (Å²) in [6, 6.07) is 3.16. The van der Waals surface area contributed by atoms with E-state index >= 15 is 0 Å². The molecule has 104 valence electrons. The number of fused-ring (bicyclic) bond motifs is 1. The van der Waals surface area contributed by atoms with Crippen molar-refractivity contribution in [1.29, 1.82) is 0 Å². The molecule has 1 amide bonds. The summed E-state index contributed by atoms with van der Waals surface area (Å²) in [4.78, 5) is 14.7. The van der Waals surface area contributed by atoms with Crippen molar-refractivity contribution >= 4 is 29.2 Å². The summed E-state index contributed by atoms with van der Waals surface area (Å²) in [7, 11) is 1.56. The van der Waals surface area contributed by atoms with E-state index in [1.807, 2.05) is 0 Å². The monoisotopic (exact) mass is 285 g/mol. The molecule has 0 unspecified atom stereocenters. The molecule has 0 aliphatic heterocycles. The van der Waals surface area contributed by atoms with Crippen LogP contribution in [0.5, 0.6) is 0 Å². The lowest BCUT2D eigenvalue weighted by atomic mass is 10.0. The molecule has 4 N–H and O–H groups in total. The number of nitrogens with two attached hydrogens (primary N) is 1. The Bertz CT molecular complexity index is 609. The normalized spacial score (nSPS) is 10.3. The summed E-state index contributed by atoms with van der Waals surface area (Å²) in [5, 5.41) is 3.42. The van der Waals surface area contributed by atoms with Gasteiger partial charge < -0.3 is 16.0 Å². The highest BCUT2D eigenvalue weighted by molar-refractivity contribution is 6.01. The lowest BCUT2D eigenvalue weighted by Crippen LogP contribution is -2.20. The predicted molar refractivity (Wildman–Crippen MR) is 76.4 cm³/mol. The molecule has 1 aromatic heterocycles. The molecule has 19 heavy (non-hydrogen) atoms. The first-order chi connectivity index (χ1) is 8.58. The zero-order valence-electron chi connectivity index (χ0n) is 10.8. The summed E-state index contributed by atoms with van der Waals surface area (Å²) < 4.78 is 13.5. The lowest BCUT2D eigenvalue weighted by molar-refractivity contribution is 0.0958. The van der Waals surface area contributed by atoms with Gasteiger partial charge in [-0.05, 0) is 43.1 Å². The molecule has 1 heterocycles. The smallest absolute Gasteiger partial charge is 0.267 e. The lowest BCUT2D eigenvalue weighted by Gasteiger charge is -2.02. The van der Waals surface area contributed by atoms with Crippen molar-refractivity contribution in [1.82, 2.24) is 10.3 Å². The Morgan fingerprint density at radius 3 is 2.74 bits per heavy atom. The molecule has 6 heteroatoms. The minimum Gasteiger partial charge on any atom is -0.354 e. The van der Waals surface area contributed by atoms with Gasteiger partial charge in [0.05, 0.1) is 0 Å². The number of aryl methyl sites for hydroxylation is 1. The molecule has 0 saturated carbocycles. The van der Waals surface area contributed by atoms with Crippen molar-refractivity contribution in [3.8, 4) is 0 Å². The van der Waals surface area contributed by atoms with Crippen LogP contribution in [0.3, 0.4) is 0 Å². The van der Waals surface area contributed by atoms with Crippen LogP contribution in [-0.2, 0) is 6.42 Å². The number of benzene rings is 1. The Hall–Kier alpha value is -1.59. The molecule has 0 radical (unpaired) electrons. The van der Waals surface area contributed by atoms with Crippen molar-refractivity contribution in [2.24, 2.45) is 5.73 Å². The highest BCUT2D eigenvalue weighted by atomic mass is 35.5. The van der Waals surface area contributed by atoms with Crippen LogP contribution in [0, 0.1) is 12.7 Å². The summed E-state index contributed by atoms with van der Waals surface area (Å²) in [6.07, 6.45) is 0.577. The molecular weight excluding hydrogens is 269 g/mol. The average molecular weight is 286 g/mol. The van der Waals surface area contributed by atoms with Crippen molar-refractivity contribution in [3.05, 3.63) is 34.8 Å². The molecule has 0 aliphatic rings. The summed E-state index contributed by atoms with van der Waals surface area (Å²) in [6.45, 7) is 2.14. The molecule has 2 rings (SSSR count). The van der Waals surface area contributed by atoms with Crippen molar-refractivity contribution in [2.75, 3.05) is 13.6 Å². The maximum absolute atomic E-state index is 13.5. The average Bonchev–Trinajstić information content (AvgIpc) is 2.68. The van der Waals surface area contributed by atoms with Crippen LogP contribution in [0.2, 0.25) is 0 Å². The van der Waals surface area contributed by atoms with E-state index in [9.17, 15) is 9.18 Å². The third-order valence-corrected chi connectivity index (χ3v) is 3.03. The van der Waals surface area contributed by atoms with Gasteiger partial charge in [-0.2, -0.15) is 0 Å². The number of aromatic amines is 1. The van der Waals surface area contributed by atoms with E-state index in [0.717, 1.165) is 10.9 Å². The Morgan fingerprint density at radius 1 is 1.47 bits per heavy atom. The predicted octanol–water partition coefficient (Wildman–Crippen LogP) is 1.90. The molecule has 4 nitrogen and oxygen atoms in total. The van der Waals surface area contributed by atoms with Crippen LogP contribution in [0.25, 0.3) is 10.9 Å². The highest BCUT2D eigenvalue weighted by Crippen LogP contribution is 2.25. The number of amides is 1. The third-order valence-electron chi connectivity index (χ3n) is 3.03. The highest BCUT2D eigenvalue weighted by Gasteiger charge is 2.17. The van der Waals surface area contributed by atoms with Gasteiger partial charge in [0.1, 0.15) is 11.5 Å². The Kier molecular flexibility index (Phi) is 4.91. The fourth-order valence-corrected chi connectivity index (χ4v) is 2.10. The first kappa shape index (κ1) is 15.5. The summed E-state index contributed by atoms with van der Waals surface area (Å²) >= 11 is 0. The number of hydrogen-bond acceptors (Lipinski definition) is 2. The largest absolute Gasteiger partial charge is 0.354 e. The van der Waals surface area contributed by atoms with Gasteiger partial charge in [-0.25, -0.2) is 4.39 Å². The first-order valence-electron chi connectivity index (χ1n) is 5.81. The number of hydrogen-bond donors (Lipinski definition) is 3. The number of aromatic nitrogens is 1. The minimum absolute atomic E-state index is 0. The molecule has 0 spiro atoms. The SMILES string of the molecule is CNC(=O)c1[nH]c2cc(F)c(C)cc2c1CCN.Cl. The first-order valence-corrected chi connectivity index (χ1v) is 5.81. The number of carbonyl (C=O) groups excluding carboxylic acids is 1. The standard InChI is InChI=1S/C13H16FN3O.ClH/c1-7-5-9-8(3-4-15)12(13(18)16-2)17-11(9)6-10(7)14;/h5-6,17H,3-4,15H2,1-2H3,(H,16,18);1H. The van der Waals surface area contributed by atoms with E-state index in [1.54, 1.807) is 20.0 Å². The molecule has 0 saturated heterocycles. The molecule has 0 fully saturated rings. The molecule has 0 bridgehead atoms. The van der Waals surface area contributed by atoms with Gasteiger partial charge in [-0.1, -0.05) is 0 Å². The number of H-pyrrole nitrogens is 1. The number of carbonyl (C=O) groups is 1. The Labute approximate surface area is 117 Å². The molecule has 0 atom stereocenters. The van der Waals surface area contributed by atoms with E-state index in [2.05, 4.69) is 10.3 Å². The minimum atomic E-state index is -0.286. The fraction of sp³-hybridized carbons (Fsp3) is 0.308. The van der Waals surface area contributed by atoms with E-state index < -0.39 is 0 Å². The van der Waals surface area contributed by atoms with E-state index in [1.165, 1.54) is 6.07 Å². The van der Waals surface area contributed by atoms with E-state index in [4.69, 9.17) is 5.73 Å². The van der Waals surface area contributed by atoms with Crippen LogP contribution in [-0.4, -0.2) is 24.5 Å². The number of rotatable bonds is 3. The van der Waals surface area contributed by atoms with Gasteiger partial charge in [0, 0.05) is 18.0 Å². The van der Waals surface area contributed by atoms with Crippen LogP contribution in [0.1, 0.15) is 21.6 Å². The second-order valence-electron chi connectivity index (χ2n) is 4.24. The van der Waals surface area contributed by atoms with Crippen LogP contribution >= 0.6 is 12.4 Å². The van der Waals surface area contributed by atoms with Crippen LogP contribution in [0.4, 0.5) is 4.39 Å². The summed E-state index contributed by atoms with van der Waals surface area (Å²) in [5.74, 6) is -0.501. The zero-order chi connectivity index (χ0) is 13.3. The van der Waals surface area contributed by atoms with Gasteiger partial charge in [0.25, 0.3) is 5.91 Å². The topological polar surface area (TPSA) is 70.9 Å². The zero-order valence-corrected chi connectivity index (χ0v) is 11.7.